The first-order valence-electron chi connectivity index (χ1n) is 7.18. The van der Waals surface area contributed by atoms with Gasteiger partial charge in [0.2, 0.25) is 5.95 Å². The highest BCUT2D eigenvalue weighted by Gasteiger charge is 2.37. The number of hydrogen-bond acceptors (Lipinski definition) is 4. The van der Waals surface area contributed by atoms with E-state index in [1.807, 2.05) is 18.2 Å². The molecule has 3 rings (SSSR count). The van der Waals surface area contributed by atoms with E-state index in [0.717, 1.165) is 29.7 Å². The maximum atomic E-state index is 12.8. The summed E-state index contributed by atoms with van der Waals surface area (Å²) >= 11 is 0. The quantitative estimate of drug-likeness (QED) is 0.653. The van der Waals surface area contributed by atoms with Crippen molar-refractivity contribution in [3.63, 3.8) is 0 Å². The second-order valence-corrected chi connectivity index (χ2v) is 5.92. The molecule has 0 bridgehead atoms. The molecule has 110 valence electrons. The summed E-state index contributed by atoms with van der Waals surface area (Å²) in [6.45, 7) is 4.26. The van der Waals surface area contributed by atoms with Crippen LogP contribution in [0.5, 0.6) is 0 Å². The van der Waals surface area contributed by atoms with Crippen LogP contribution < -0.4 is 16.8 Å². The molecule has 3 N–H and O–H groups in total. The molecule has 0 amide bonds. The Morgan fingerprint density at radius 1 is 1.43 bits per heavy atom. The zero-order chi connectivity index (χ0) is 15.2. The fourth-order valence-electron chi connectivity index (χ4n) is 3.19. The first kappa shape index (κ1) is 13.8. The fraction of sp³-hybridized carbons (Fsp3) is 0.375. The molecule has 0 radical (unpaired) electrons. The first-order valence-corrected chi connectivity index (χ1v) is 7.18. The van der Waals surface area contributed by atoms with Gasteiger partial charge in [0.15, 0.2) is 0 Å². The molecule has 1 atom stereocenters. The number of nitrogens with one attached hydrogen (secondary N) is 1. The van der Waals surface area contributed by atoms with Gasteiger partial charge in [-0.1, -0.05) is 38.1 Å². The van der Waals surface area contributed by atoms with E-state index in [-0.39, 0.29) is 11.0 Å². The minimum absolute atomic E-state index is 0.0215. The molecule has 0 fully saturated rings. The molecule has 1 aromatic carbocycles. The van der Waals surface area contributed by atoms with E-state index in [4.69, 9.17) is 5.84 Å². The van der Waals surface area contributed by atoms with Gasteiger partial charge in [0.1, 0.15) is 0 Å². The third-order valence-electron chi connectivity index (χ3n) is 4.66. The van der Waals surface area contributed by atoms with E-state index in [9.17, 15) is 4.79 Å². The van der Waals surface area contributed by atoms with Gasteiger partial charge in [-0.25, -0.2) is 10.8 Å². The Morgan fingerprint density at radius 3 is 2.81 bits per heavy atom. The van der Waals surface area contributed by atoms with E-state index < -0.39 is 0 Å². The van der Waals surface area contributed by atoms with Gasteiger partial charge in [-0.2, -0.15) is 0 Å². The van der Waals surface area contributed by atoms with E-state index in [0.29, 0.717) is 5.95 Å². The predicted octanol–water partition coefficient (Wildman–Crippen LogP) is 1.96. The SMILES string of the molecule is CC[C@]1(C)Cc2ccccc2-c2nc(NN)n(C)c(=O)c21. The van der Waals surface area contributed by atoms with Crippen LogP contribution >= 0.6 is 0 Å². The monoisotopic (exact) mass is 284 g/mol. The third-order valence-corrected chi connectivity index (χ3v) is 4.66. The normalized spacial score (nSPS) is 19.8. The van der Waals surface area contributed by atoms with Gasteiger partial charge in [-0.15, -0.1) is 0 Å². The van der Waals surface area contributed by atoms with Gasteiger partial charge in [0.05, 0.1) is 11.3 Å². The summed E-state index contributed by atoms with van der Waals surface area (Å²) in [7, 11) is 1.70. The molecule has 1 aliphatic carbocycles. The van der Waals surface area contributed by atoms with Gasteiger partial charge in [0.25, 0.3) is 5.56 Å². The number of nitrogens with two attached hydrogens (primary N) is 1. The summed E-state index contributed by atoms with van der Waals surface area (Å²) in [5, 5.41) is 0. The highest BCUT2D eigenvalue weighted by molar-refractivity contribution is 5.72. The number of hydrogen-bond donors (Lipinski definition) is 2. The lowest BCUT2D eigenvalue weighted by Gasteiger charge is -2.35. The summed E-state index contributed by atoms with van der Waals surface area (Å²) in [6.07, 6.45) is 1.75. The number of rotatable bonds is 2. The van der Waals surface area contributed by atoms with Crippen molar-refractivity contribution in [3.05, 3.63) is 45.7 Å². The molecule has 5 nitrogen and oxygen atoms in total. The smallest absolute Gasteiger partial charge is 0.259 e. The van der Waals surface area contributed by atoms with Crippen molar-refractivity contribution in [2.45, 2.75) is 32.1 Å². The van der Waals surface area contributed by atoms with E-state index in [1.165, 1.54) is 10.1 Å². The number of anilines is 1. The molecule has 0 saturated heterocycles. The zero-order valence-electron chi connectivity index (χ0n) is 12.6. The second-order valence-electron chi connectivity index (χ2n) is 5.92. The lowest BCUT2D eigenvalue weighted by molar-refractivity contribution is 0.437. The van der Waals surface area contributed by atoms with Crippen molar-refractivity contribution < 1.29 is 0 Å². The van der Waals surface area contributed by atoms with Gasteiger partial charge in [-0.05, 0) is 18.4 Å². The highest BCUT2D eigenvalue weighted by Crippen LogP contribution is 2.42. The summed E-state index contributed by atoms with van der Waals surface area (Å²) in [5.74, 6) is 5.88. The van der Waals surface area contributed by atoms with E-state index >= 15 is 0 Å². The van der Waals surface area contributed by atoms with Gasteiger partial charge in [-0.3, -0.25) is 14.8 Å². The van der Waals surface area contributed by atoms with Crippen LogP contribution in [0.1, 0.15) is 31.4 Å². The number of benzene rings is 1. The van der Waals surface area contributed by atoms with E-state index in [1.54, 1.807) is 7.05 Å². The van der Waals surface area contributed by atoms with Crippen LogP contribution in [-0.2, 0) is 18.9 Å². The molecule has 1 aromatic heterocycles. The molecule has 0 spiro atoms. The Labute approximate surface area is 123 Å². The van der Waals surface area contributed by atoms with Crippen LogP contribution in [0.25, 0.3) is 11.3 Å². The van der Waals surface area contributed by atoms with Crippen LogP contribution in [0.15, 0.2) is 29.1 Å². The molecule has 0 unspecified atom stereocenters. The average Bonchev–Trinajstić information content (AvgIpc) is 2.50. The van der Waals surface area contributed by atoms with Crippen molar-refractivity contribution in [3.8, 4) is 11.3 Å². The van der Waals surface area contributed by atoms with Crippen molar-refractivity contribution in [2.24, 2.45) is 12.9 Å². The largest absolute Gasteiger partial charge is 0.294 e. The first-order chi connectivity index (χ1) is 10.0. The maximum Gasteiger partial charge on any atom is 0.259 e. The molecule has 5 heteroatoms. The topological polar surface area (TPSA) is 72.9 Å². The molecule has 1 aliphatic rings. The molecule has 21 heavy (non-hydrogen) atoms. The van der Waals surface area contributed by atoms with Gasteiger partial charge in [0, 0.05) is 18.0 Å². The van der Waals surface area contributed by atoms with Crippen LogP contribution in [0.3, 0.4) is 0 Å². The number of fused-ring (bicyclic) bond motifs is 3. The second kappa shape index (κ2) is 4.70. The summed E-state index contributed by atoms with van der Waals surface area (Å²) in [4.78, 5) is 17.4. The Morgan fingerprint density at radius 2 is 2.14 bits per heavy atom. The standard InChI is InChI=1S/C16H20N4O/c1-4-16(2)9-10-7-5-6-8-11(10)13-12(16)14(21)20(3)15(18-13)19-17/h5-8H,4,9,17H2,1-3H3,(H,18,19)/t16-/m1/s1. The van der Waals surface area contributed by atoms with Crippen LogP contribution in [0.4, 0.5) is 5.95 Å². The Balaban J connectivity index is 2.43. The molecule has 1 heterocycles. The van der Waals surface area contributed by atoms with Crippen molar-refractivity contribution in [1.82, 2.24) is 9.55 Å². The summed E-state index contributed by atoms with van der Waals surface area (Å²) in [6, 6.07) is 8.14. The molecular weight excluding hydrogens is 264 g/mol. The third kappa shape index (κ3) is 1.88. The van der Waals surface area contributed by atoms with Gasteiger partial charge >= 0.3 is 0 Å². The van der Waals surface area contributed by atoms with Crippen molar-refractivity contribution in [1.29, 1.82) is 0 Å². The predicted molar refractivity (Wildman–Crippen MR) is 84.1 cm³/mol. The lowest BCUT2D eigenvalue weighted by Crippen LogP contribution is -2.39. The lowest BCUT2D eigenvalue weighted by atomic mass is 9.69. The molecule has 0 saturated carbocycles. The maximum absolute atomic E-state index is 12.8. The Kier molecular flexibility index (Phi) is 3.10. The molecular formula is C16H20N4O. The molecule has 0 aliphatic heterocycles. The minimum atomic E-state index is -0.196. The zero-order valence-corrected chi connectivity index (χ0v) is 12.6. The number of hydrazine groups is 1. The van der Waals surface area contributed by atoms with Crippen LogP contribution in [0.2, 0.25) is 0 Å². The van der Waals surface area contributed by atoms with Crippen LogP contribution in [-0.4, -0.2) is 9.55 Å². The highest BCUT2D eigenvalue weighted by atomic mass is 16.1. The van der Waals surface area contributed by atoms with Crippen molar-refractivity contribution >= 4 is 5.95 Å². The van der Waals surface area contributed by atoms with Crippen LogP contribution in [0, 0.1) is 0 Å². The summed E-state index contributed by atoms with van der Waals surface area (Å²) < 4.78 is 1.49. The summed E-state index contributed by atoms with van der Waals surface area (Å²) in [5.41, 5.74) is 6.12. The Hall–Kier alpha value is -2.14. The molecule has 2 aromatic rings. The number of aromatic nitrogens is 2. The minimum Gasteiger partial charge on any atom is -0.294 e. The number of nitrogen functional groups attached to an aromatic ring is 1. The van der Waals surface area contributed by atoms with E-state index in [2.05, 4.69) is 30.3 Å². The Bertz CT molecular complexity index is 765. The average molecular weight is 284 g/mol. The fourth-order valence-corrected chi connectivity index (χ4v) is 3.19. The van der Waals surface area contributed by atoms with Gasteiger partial charge < -0.3 is 0 Å². The van der Waals surface area contributed by atoms with Crippen molar-refractivity contribution in [2.75, 3.05) is 5.43 Å². The number of nitrogens with zero attached hydrogens (tertiary/aromatic N) is 2.